The van der Waals surface area contributed by atoms with Crippen molar-refractivity contribution in [1.82, 2.24) is 19.5 Å². The Morgan fingerprint density at radius 2 is 1.14 bits per heavy atom. The second-order valence-electron chi connectivity index (χ2n) is 12.4. The largest absolute Gasteiger partial charge is 0.308 e. The van der Waals surface area contributed by atoms with Crippen LogP contribution in [0.4, 0.5) is 0 Å². The van der Waals surface area contributed by atoms with Crippen molar-refractivity contribution in [2.75, 3.05) is 0 Å². The van der Waals surface area contributed by atoms with Crippen molar-refractivity contribution in [3.05, 3.63) is 170 Å². The molecule has 5 aromatic carbocycles. The summed E-state index contributed by atoms with van der Waals surface area (Å²) in [6, 6.07) is 55.8. The molecule has 0 spiro atoms. The van der Waals surface area contributed by atoms with Crippen LogP contribution in [0.25, 0.3) is 92.7 Å². The van der Waals surface area contributed by atoms with Crippen LogP contribution in [0.3, 0.4) is 0 Å². The highest BCUT2D eigenvalue weighted by Crippen LogP contribution is 2.46. The molecule has 5 aromatic heterocycles. The number of fused-ring (bicyclic) bond motifs is 7. The van der Waals surface area contributed by atoms with Crippen LogP contribution in [0.15, 0.2) is 170 Å². The van der Waals surface area contributed by atoms with Crippen molar-refractivity contribution >= 4 is 53.3 Å². The Morgan fingerprint density at radius 1 is 0.460 bits per heavy atom. The first-order valence-corrected chi connectivity index (χ1v) is 17.5. The van der Waals surface area contributed by atoms with Crippen molar-refractivity contribution in [1.29, 1.82) is 0 Å². The normalized spacial score (nSPS) is 11.6. The standard InChI is InChI=1S/C45H28N4S/c1-3-12-29(13-4-1)31-20-22-41-36(26-31)34-21-23-42-43(35-17-11-16-33(45(35)50-42)30-14-5-2-6-15-30)44(34)49(41)32-27-39(37-18-7-9-24-46-37)48-40(28-32)38-19-8-10-25-47-38/h1-28H. The lowest BCUT2D eigenvalue weighted by molar-refractivity contribution is 1.15. The molecule has 0 fully saturated rings. The number of aromatic nitrogens is 4. The number of hydrogen-bond donors (Lipinski definition) is 0. The molecule has 234 valence electrons. The first-order chi connectivity index (χ1) is 24.8. The number of nitrogens with zero attached hydrogens (tertiary/aromatic N) is 4. The molecular weight excluding hydrogens is 629 g/mol. The van der Waals surface area contributed by atoms with E-state index in [0.717, 1.165) is 34.0 Å². The van der Waals surface area contributed by atoms with Crippen LogP contribution < -0.4 is 0 Å². The van der Waals surface area contributed by atoms with Crippen LogP contribution in [0, 0.1) is 0 Å². The van der Waals surface area contributed by atoms with E-state index >= 15 is 0 Å². The lowest BCUT2D eigenvalue weighted by atomic mass is 10.0. The van der Waals surface area contributed by atoms with E-state index < -0.39 is 0 Å². The summed E-state index contributed by atoms with van der Waals surface area (Å²) < 4.78 is 4.98. The van der Waals surface area contributed by atoms with E-state index in [1.54, 1.807) is 0 Å². The van der Waals surface area contributed by atoms with Crippen LogP contribution in [0.2, 0.25) is 0 Å². The van der Waals surface area contributed by atoms with Gasteiger partial charge in [0.25, 0.3) is 0 Å². The molecule has 10 aromatic rings. The second-order valence-corrected chi connectivity index (χ2v) is 13.5. The van der Waals surface area contributed by atoms with E-state index in [0.29, 0.717) is 0 Å². The summed E-state index contributed by atoms with van der Waals surface area (Å²) in [5.74, 6) is 0. The molecule has 0 bridgehead atoms. The monoisotopic (exact) mass is 656 g/mol. The van der Waals surface area contributed by atoms with Crippen LogP contribution in [-0.4, -0.2) is 19.5 Å². The number of pyridine rings is 3. The van der Waals surface area contributed by atoms with Crippen LogP contribution in [-0.2, 0) is 0 Å². The molecule has 0 aliphatic rings. The van der Waals surface area contributed by atoms with Gasteiger partial charge < -0.3 is 4.57 Å². The molecule has 5 heterocycles. The molecule has 0 saturated heterocycles. The second kappa shape index (κ2) is 11.6. The Balaban J connectivity index is 1.34. The van der Waals surface area contributed by atoms with Crippen molar-refractivity contribution in [2.24, 2.45) is 0 Å². The summed E-state index contributed by atoms with van der Waals surface area (Å²) in [5.41, 5.74) is 11.4. The number of hydrogen-bond acceptors (Lipinski definition) is 4. The number of thiophene rings is 1. The molecule has 0 aliphatic carbocycles. The third kappa shape index (κ3) is 4.63. The van der Waals surface area contributed by atoms with Gasteiger partial charge in [0.15, 0.2) is 0 Å². The summed E-state index contributed by atoms with van der Waals surface area (Å²) in [6.07, 6.45) is 3.64. The lowest BCUT2D eigenvalue weighted by Crippen LogP contribution is -1.99. The summed E-state index contributed by atoms with van der Waals surface area (Å²) in [5, 5.41) is 4.93. The molecule has 0 aliphatic heterocycles. The van der Waals surface area contributed by atoms with Gasteiger partial charge in [0, 0.05) is 43.3 Å². The highest BCUT2D eigenvalue weighted by molar-refractivity contribution is 7.26. The summed E-state index contributed by atoms with van der Waals surface area (Å²) in [6.45, 7) is 0. The Labute approximate surface area is 292 Å². The van der Waals surface area contributed by atoms with Crippen molar-refractivity contribution in [3.63, 3.8) is 0 Å². The average Bonchev–Trinajstić information content (AvgIpc) is 3.74. The minimum Gasteiger partial charge on any atom is -0.308 e. The third-order valence-electron chi connectivity index (χ3n) is 9.50. The zero-order chi connectivity index (χ0) is 33.0. The Hall–Kier alpha value is -6.43. The van der Waals surface area contributed by atoms with Crippen molar-refractivity contribution < 1.29 is 0 Å². The van der Waals surface area contributed by atoms with Gasteiger partial charge in [0.2, 0.25) is 0 Å². The molecule has 0 N–H and O–H groups in total. The third-order valence-corrected chi connectivity index (χ3v) is 10.7. The number of benzene rings is 5. The van der Waals surface area contributed by atoms with Crippen LogP contribution in [0.1, 0.15) is 0 Å². The van der Waals surface area contributed by atoms with Gasteiger partial charge in [-0.15, -0.1) is 11.3 Å². The Morgan fingerprint density at radius 3 is 1.82 bits per heavy atom. The van der Waals surface area contributed by atoms with Crippen LogP contribution in [0.5, 0.6) is 0 Å². The van der Waals surface area contributed by atoms with Gasteiger partial charge in [-0.3, -0.25) is 9.97 Å². The molecule has 0 atom stereocenters. The Bertz CT molecular complexity index is 2780. The SMILES string of the molecule is c1ccc(-c2ccc3c(c2)c2ccc4sc5c(-c6ccccc6)cccc5c4c2n3-c2cc(-c3ccccn3)nc(-c3ccccn3)c2)cc1. The molecule has 0 radical (unpaired) electrons. The molecule has 0 saturated carbocycles. The zero-order valence-electron chi connectivity index (χ0n) is 26.9. The molecule has 5 heteroatoms. The van der Waals surface area contributed by atoms with Gasteiger partial charge in [0.05, 0.1) is 39.5 Å². The fourth-order valence-electron chi connectivity index (χ4n) is 7.25. The summed E-state index contributed by atoms with van der Waals surface area (Å²) in [4.78, 5) is 14.5. The average molecular weight is 657 g/mol. The van der Waals surface area contributed by atoms with E-state index in [2.05, 4.69) is 126 Å². The quantitative estimate of drug-likeness (QED) is 0.185. The maximum Gasteiger partial charge on any atom is 0.0915 e. The molecule has 4 nitrogen and oxygen atoms in total. The highest BCUT2D eigenvalue weighted by Gasteiger charge is 2.21. The van der Waals surface area contributed by atoms with E-state index in [4.69, 9.17) is 15.0 Å². The van der Waals surface area contributed by atoms with Gasteiger partial charge in [-0.1, -0.05) is 103 Å². The van der Waals surface area contributed by atoms with Gasteiger partial charge in [-0.05, 0) is 76.9 Å². The number of rotatable bonds is 5. The van der Waals surface area contributed by atoms with E-state index in [1.165, 1.54) is 58.7 Å². The summed E-state index contributed by atoms with van der Waals surface area (Å²) in [7, 11) is 0. The fourth-order valence-corrected chi connectivity index (χ4v) is 8.49. The van der Waals surface area contributed by atoms with Crippen molar-refractivity contribution in [2.45, 2.75) is 0 Å². The van der Waals surface area contributed by atoms with Crippen molar-refractivity contribution in [3.8, 4) is 50.7 Å². The van der Waals surface area contributed by atoms with Gasteiger partial charge in [-0.2, -0.15) is 0 Å². The molecular formula is C45H28N4S. The predicted molar refractivity (Wildman–Crippen MR) is 209 cm³/mol. The maximum atomic E-state index is 5.11. The smallest absolute Gasteiger partial charge is 0.0915 e. The zero-order valence-corrected chi connectivity index (χ0v) is 27.7. The van der Waals surface area contributed by atoms with E-state index in [1.807, 2.05) is 60.1 Å². The first kappa shape index (κ1) is 28.6. The predicted octanol–water partition coefficient (Wildman–Crippen LogP) is 12.0. The minimum absolute atomic E-state index is 0.799. The lowest BCUT2D eigenvalue weighted by Gasteiger charge is -2.13. The van der Waals surface area contributed by atoms with E-state index in [-0.39, 0.29) is 0 Å². The van der Waals surface area contributed by atoms with Gasteiger partial charge in [0.1, 0.15) is 0 Å². The fraction of sp³-hybridized carbons (Fsp3) is 0. The molecule has 0 unspecified atom stereocenters. The maximum absolute atomic E-state index is 5.11. The van der Waals surface area contributed by atoms with Gasteiger partial charge in [-0.25, -0.2) is 4.98 Å². The first-order valence-electron chi connectivity index (χ1n) is 16.7. The van der Waals surface area contributed by atoms with Crippen LogP contribution >= 0.6 is 11.3 Å². The highest BCUT2D eigenvalue weighted by atomic mass is 32.1. The molecule has 50 heavy (non-hydrogen) atoms. The summed E-state index contributed by atoms with van der Waals surface area (Å²) >= 11 is 1.87. The Kier molecular flexibility index (Phi) is 6.64. The van der Waals surface area contributed by atoms with E-state index in [9.17, 15) is 0 Å². The molecule has 10 rings (SSSR count). The molecule has 0 amide bonds. The topological polar surface area (TPSA) is 43.6 Å². The minimum atomic E-state index is 0.799. The van der Waals surface area contributed by atoms with Gasteiger partial charge >= 0.3 is 0 Å².